The number of amides is 1. The third-order valence-corrected chi connectivity index (χ3v) is 2.04. The van der Waals surface area contributed by atoms with E-state index in [4.69, 9.17) is 14.6 Å². The van der Waals surface area contributed by atoms with Crippen LogP contribution in [0.1, 0.15) is 13.3 Å². The van der Waals surface area contributed by atoms with Gasteiger partial charge in [0.15, 0.2) is 6.29 Å². The Balaban J connectivity index is 2.47. The fraction of sp³-hybridized carbons (Fsp3) is 0.875. The van der Waals surface area contributed by atoms with Gasteiger partial charge in [-0.25, -0.2) is 0 Å². The molecule has 0 radical (unpaired) electrons. The lowest BCUT2D eigenvalue weighted by Gasteiger charge is -2.33. The molecule has 0 bridgehead atoms. The van der Waals surface area contributed by atoms with Gasteiger partial charge >= 0.3 is 0 Å². The molecule has 76 valence electrons. The van der Waals surface area contributed by atoms with Crippen molar-refractivity contribution < 1.29 is 19.4 Å². The molecule has 5 heteroatoms. The molecule has 1 aliphatic heterocycles. The summed E-state index contributed by atoms with van der Waals surface area (Å²) in [7, 11) is 1.55. The number of carbonyl (C=O) groups is 1. The van der Waals surface area contributed by atoms with Crippen molar-refractivity contribution in [3.8, 4) is 0 Å². The standard InChI is InChI=1S/C8H15NO4/c1-5(10)9-6-4-13-8(11)3-7(6)12-2/h6-8,11H,3-4H2,1-2H3,(H,9,10)/t6-,7+,8-/m0/s1. The monoisotopic (exact) mass is 189 g/mol. The topological polar surface area (TPSA) is 67.8 Å². The van der Waals surface area contributed by atoms with Crippen molar-refractivity contribution in [1.82, 2.24) is 5.32 Å². The first-order valence-electron chi connectivity index (χ1n) is 4.23. The highest BCUT2D eigenvalue weighted by molar-refractivity contribution is 5.73. The highest BCUT2D eigenvalue weighted by atomic mass is 16.6. The van der Waals surface area contributed by atoms with Gasteiger partial charge in [-0.15, -0.1) is 0 Å². The maximum Gasteiger partial charge on any atom is 0.217 e. The quantitative estimate of drug-likeness (QED) is 0.599. The summed E-state index contributed by atoms with van der Waals surface area (Å²) in [5.41, 5.74) is 0. The number of nitrogens with one attached hydrogen (secondary N) is 1. The van der Waals surface area contributed by atoms with Gasteiger partial charge in [-0.1, -0.05) is 0 Å². The third kappa shape index (κ3) is 2.95. The first kappa shape index (κ1) is 10.4. The van der Waals surface area contributed by atoms with Gasteiger partial charge in [0.2, 0.25) is 5.91 Å². The summed E-state index contributed by atoms with van der Waals surface area (Å²) in [5.74, 6) is -0.118. The third-order valence-electron chi connectivity index (χ3n) is 2.04. The van der Waals surface area contributed by atoms with Crippen LogP contribution in [0.5, 0.6) is 0 Å². The van der Waals surface area contributed by atoms with Crippen LogP contribution in [-0.2, 0) is 14.3 Å². The van der Waals surface area contributed by atoms with Crippen LogP contribution >= 0.6 is 0 Å². The average molecular weight is 189 g/mol. The smallest absolute Gasteiger partial charge is 0.217 e. The summed E-state index contributed by atoms with van der Waals surface area (Å²) in [6, 6.07) is -0.161. The second-order valence-corrected chi connectivity index (χ2v) is 3.10. The minimum absolute atomic E-state index is 0.118. The molecular formula is C8H15NO4. The molecule has 0 aromatic carbocycles. The molecule has 1 fully saturated rings. The highest BCUT2D eigenvalue weighted by Gasteiger charge is 2.30. The number of aliphatic hydroxyl groups is 1. The Bertz CT molecular complexity index is 185. The van der Waals surface area contributed by atoms with E-state index >= 15 is 0 Å². The van der Waals surface area contributed by atoms with Crippen LogP contribution in [0, 0.1) is 0 Å². The van der Waals surface area contributed by atoms with Gasteiger partial charge in [-0.3, -0.25) is 4.79 Å². The molecule has 1 aliphatic rings. The van der Waals surface area contributed by atoms with Crippen molar-refractivity contribution in [3.05, 3.63) is 0 Å². The fourth-order valence-corrected chi connectivity index (χ4v) is 1.41. The van der Waals surface area contributed by atoms with Crippen molar-refractivity contribution in [2.24, 2.45) is 0 Å². The maximum atomic E-state index is 10.8. The van der Waals surface area contributed by atoms with Gasteiger partial charge in [0.25, 0.3) is 0 Å². The fourth-order valence-electron chi connectivity index (χ4n) is 1.41. The molecule has 13 heavy (non-hydrogen) atoms. The van der Waals surface area contributed by atoms with E-state index in [1.165, 1.54) is 6.92 Å². The Morgan fingerprint density at radius 2 is 2.38 bits per heavy atom. The molecule has 1 rings (SSSR count). The van der Waals surface area contributed by atoms with Gasteiger partial charge in [0.1, 0.15) is 0 Å². The van der Waals surface area contributed by atoms with Crippen molar-refractivity contribution in [3.63, 3.8) is 0 Å². The van der Waals surface area contributed by atoms with E-state index in [1.54, 1.807) is 7.11 Å². The molecule has 1 amide bonds. The highest BCUT2D eigenvalue weighted by Crippen LogP contribution is 2.15. The number of methoxy groups -OCH3 is 1. The zero-order valence-corrected chi connectivity index (χ0v) is 7.82. The van der Waals surface area contributed by atoms with Crippen LogP contribution < -0.4 is 5.32 Å². The Morgan fingerprint density at radius 3 is 2.92 bits per heavy atom. The number of hydrogen-bond donors (Lipinski definition) is 2. The molecule has 2 N–H and O–H groups in total. The molecule has 3 atom stereocenters. The first-order valence-corrected chi connectivity index (χ1v) is 4.23. The minimum atomic E-state index is -0.782. The van der Waals surface area contributed by atoms with Crippen LogP contribution in [-0.4, -0.2) is 43.2 Å². The van der Waals surface area contributed by atoms with Crippen LogP contribution in [0.15, 0.2) is 0 Å². The summed E-state index contributed by atoms with van der Waals surface area (Å²) in [4.78, 5) is 10.8. The number of carbonyl (C=O) groups excluding carboxylic acids is 1. The lowest BCUT2D eigenvalue weighted by atomic mass is 10.1. The largest absolute Gasteiger partial charge is 0.379 e. The van der Waals surface area contributed by atoms with E-state index in [9.17, 15) is 4.79 Å². The SMILES string of the molecule is CO[C@@H]1C[C@@H](O)OC[C@@H]1NC(C)=O. The van der Waals surface area contributed by atoms with E-state index in [0.29, 0.717) is 13.0 Å². The van der Waals surface area contributed by atoms with Crippen LogP contribution in [0.3, 0.4) is 0 Å². The number of aliphatic hydroxyl groups excluding tert-OH is 1. The zero-order chi connectivity index (χ0) is 9.84. The molecule has 5 nitrogen and oxygen atoms in total. The number of hydrogen-bond acceptors (Lipinski definition) is 4. The second-order valence-electron chi connectivity index (χ2n) is 3.10. The van der Waals surface area contributed by atoms with Gasteiger partial charge in [0.05, 0.1) is 18.8 Å². The Hall–Kier alpha value is -0.650. The predicted octanol–water partition coefficient (Wildman–Crippen LogP) is -0.755. The Labute approximate surface area is 77.0 Å². The first-order chi connectivity index (χ1) is 6.13. The second kappa shape index (κ2) is 4.55. The molecular weight excluding hydrogens is 174 g/mol. The Morgan fingerprint density at radius 1 is 1.69 bits per heavy atom. The van der Waals surface area contributed by atoms with Crippen LogP contribution in [0.4, 0.5) is 0 Å². The maximum absolute atomic E-state index is 10.8. The molecule has 1 saturated heterocycles. The van der Waals surface area contributed by atoms with Crippen LogP contribution in [0.2, 0.25) is 0 Å². The molecule has 0 saturated carbocycles. The van der Waals surface area contributed by atoms with Gasteiger partial charge in [-0.2, -0.15) is 0 Å². The normalized spacial score (nSPS) is 34.2. The lowest BCUT2D eigenvalue weighted by Crippen LogP contribution is -2.51. The minimum Gasteiger partial charge on any atom is -0.379 e. The van der Waals surface area contributed by atoms with Crippen molar-refractivity contribution in [1.29, 1.82) is 0 Å². The summed E-state index contributed by atoms with van der Waals surface area (Å²) < 4.78 is 10.1. The van der Waals surface area contributed by atoms with Gasteiger partial charge < -0.3 is 19.9 Å². The average Bonchev–Trinajstić information content (AvgIpc) is 2.07. The summed E-state index contributed by atoms with van der Waals surface area (Å²) in [5, 5.41) is 11.9. The van der Waals surface area contributed by atoms with E-state index in [-0.39, 0.29) is 18.1 Å². The number of rotatable bonds is 2. The van der Waals surface area contributed by atoms with E-state index in [1.807, 2.05) is 0 Å². The zero-order valence-electron chi connectivity index (χ0n) is 7.82. The van der Waals surface area contributed by atoms with Crippen molar-refractivity contribution in [2.75, 3.05) is 13.7 Å². The summed E-state index contributed by atoms with van der Waals surface area (Å²) in [6.07, 6.45) is -0.566. The Kier molecular flexibility index (Phi) is 3.65. The molecule has 0 spiro atoms. The van der Waals surface area contributed by atoms with Gasteiger partial charge in [-0.05, 0) is 0 Å². The molecule has 0 aromatic heterocycles. The molecule has 0 aromatic rings. The molecule has 0 unspecified atom stereocenters. The predicted molar refractivity (Wildman–Crippen MR) is 45.0 cm³/mol. The molecule has 1 heterocycles. The summed E-state index contributed by atoms with van der Waals surface area (Å²) >= 11 is 0. The van der Waals surface area contributed by atoms with Crippen LogP contribution in [0.25, 0.3) is 0 Å². The summed E-state index contributed by atoms with van der Waals surface area (Å²) in [6.45, 7) is 1.73. The van der Waals surface area contributed by atoms with Crippen molar-refractivity contribution in [2.45, 2.75) is 31.8 Å². The van der Waals surface area contributed by atoms with Crippen molar-refractivity contribution >= 4 is 5.91 Å². The van der Waals surface area contributed by atoms with E-state index in [0.717, 1.165) is 0 Å². The van der Waals surface area contributed by atoms with Gasteiger partial charge in [0, 0.05) is 20.5 Å². The number of ether oxygens (including phenoxy) is 2. The van der Waals surface area contributed by atoms with E-state index < -0.39 is 6.29 Å². The molecule has 0 aliphatic carbocycles. The lowest BCUT2D eigenvalue weighted by molar-refractivity contribution is -0.172. The van der Waals surface area contributed by atoms with E-state index in [2.05, 4.69) is 5.32 Å².